The number of hydrogen-bond donors (Lipinski definition) is 0. The van der Waals surface area contributed by atoms with Gasteiger partial charge in [0.15, 0.2) is 5.41 Å². The van der Waals surface area contributed by atoms with Gasteiger partial charge in [0.2, 0.25) is 0 Å². The molecule has 0 aliphatic rings. The minimum Gasteiger partial charge on any atom is -0.0843 e. The minimum atomic E-state index is -0.601. The average Bonchev–Trinajstić information content (AvgIpc) is 2.33. The largest absolute Gasteiger partial charge is 0.160 e. The van der Waals surface area contributed by atoms with Gasteiger partial charge in [0.25, 0.3) is 0 Å². The van der Waals surface area contributed by atoms with Crippen molar-refractivity contribution in [2.75, 3.05) is 0 Å². The van der Waals surface area contributed by atoms with E-state index < -0.39 is 5.41 Å². The Kier molecular flexibility index (Phi) is 5.00. The highest BCUT2D eigenvalue weighted by molar-refractivity contribution is 6.35. The monoisotopic (exact) mass is 373 g/mol. The highest BCUT2D eigenvalue weighted by atomic mass is 35.5. The van der Waals surface area contributed by atoms with Gasteiger partial charge in [-0.2, -0.15) is 0 Å². The molecule has 4 heteroatoms. The molecule has 0 spiro atoms. The standard InChI is InChI=1S/C18H17Cl4/c1-17(2,3)18(4,11-5-13(19)9-14(20)6-11)12-7-15(21)10-16(22)8-12/h5-10H,4H2,1-3H3/q+1. The Bertz CT molecular complexity index is 607. The van der Waals surface area contributed by atoms with Crippen LogP contribution < -0.4 is 0 Å². The normalized spacial score (nSPS) is 12.5. The minimum absolute atomic E-state index is 0.213. The van der Waals surface area contributed by atoms with Gasteiger partial charge in [-0.05, 0) is 36.4 Å². The second-order valence-electron chi connectivity index (χ2n) is 6.47. The first-order valence-electron chi connectivity index (χ1n) is 6.82. The van der Waals surface area contributed by atoms with E-state index in [9.17, 15) is 0 Å². The highest BCUT2D eigenvalue weighted by Crippen LogP contribution is 2.48. The number of benzene rings is 2. The molecule has 0 aromatic heterocycles. The van der Waals surface area contributed by atoms with Gasteiger partial charge in [-0.1, -0.05) is 67.2 Å². The lowest BCUT2D eigenvalue weighted by atomic mass is 9.60. The molecular weight excluding hydrogens is 358 g/mol. The Morgan fingerprint density at radius 2 is 0.909 bits per heavy atom. The molecule has 0 radical (unpaired) electrons. The first-order valence-corrected chi connectivity index (χ1v) is 8.34. The molecule has 0 saturated carbocycles. The zero-order chi connectivity index (χ0) is 16.7. The van der Waals surface area contributed by atoms with Crippen LogP contribution in [-0.4, -0.2) is 0 Å². The molecule has 0 bridgehead atoms. The van der Waals surface area contributed by atoms with Crippen molar-refractivity contribution in [3.63, 3.8) is 0 Å². The molecule has 0 nitrogen and oxygen atoms in total. The van der Waals surface area contributed by atoms with E-state index in [4.69, 9.17) is 46.4 Å². The summed E-state index contributed by atoms with van der Waals surface area (Å²) in [7, 11) is 0. The Morgan fingerprint density at radius 3 is 1.14 bits per heavy atom. The fourth-order valence-corrected chi connectivity index (χ4v) is 3.69. The van der Waals surface area contributed by atoms with Crippen molar-refractivity contribution in [2.45, 2.75) is 26.2 Å². The van der Waals surface area contributed by atoms with Crippen LogP contribution in [-0.2, 0) is 5.41 Å². The van der Waals surface area contributed by atoms with Gasteiger partial charge in [-0.25, -0.2) is 0 Å². The van der Waals surface area contributed by atoms with Crippen LogP contribution in [0.4, 0.5) is 0 Å². The van der Waals surface area contributed by atoms with Crippen LogP contribution >= 0.6 is 46.4 Å². The van der Waals surface area contributed by atoms with E-state index >= 15 is 0 Å². The van der Waals surface area contributed by atoms with Gasteiger partial charge in [0.05, 0.1) is 6.92 Å². The zero-order valence-electron chi connectivity index (χ0n) is 12.7. The fraction of sp³-hybridized carbons (Fsp3) is 0.278. The molecule has 0 fully saturated rings. The molecule has 0 atom stereocenters. The highest BCUT2D eigenvalue weighted by Gasteiger charge is 2.48. The van der Waals surface area contributed by atoms with Gasteiger partial charge in [0.1, 0.15) is 0 Å². The average molecular weight is 375 g/mol. The summed E-state index contributed by atoms with van der Waals surface area (Å²) in [6.07, 6.45) is 0. The summed E-state index contributed by atoms with van der Waals surface area (Å²) in [6, 6.07) is 11.0. The van der Waals surface area contributed by atoms with Crippen LogP contribution in [0.25, 0.3) is 0 Å². The van der Waals surface area contributed by atoms with Crippen LogP contribution in [0.3, 0.4) is 0 Å². The van der Waals surface area contributed by atoms with E-state index in [1.54, 1.807) is 12.1 Å². The van der Waals surface area contributed by atoms with Crippen molar-refractivity contribution in [3.05, 3.63) is 74.5 Å². The molecule has 0 aliphatic heterocycles. The molecule has 2 aromatic carbocycles. The van der Waals surface area contributed by atoms with Gasteiger partial charge in [0, 0.05) is 36.6 Å². The SMILES string of the molecule is [CH2+]C(c1cc(Cl)cc(Cl)c1)(c1cc(Cl)cc(Cl)c1)C(C)(C)C. The first-order chi connectivity index (χ1) is 10.0. The summed E-state index contributed by atoms with van der Waals surface area (Å²) >= 11 is 24.8. The lowest BCUT2D eigenvalue weighted by Crippen LogP contribution is -2.38. The van der Waals surface area contributed by atoms with E-state index in [1.807, 2.05) is 24.3 Å². The fourth-order valence-electron chi connectivity index (χ4n) is 2.63. The third kappa shape index (κ3) is 3.36. The lowest BCUT2D eigenvalue weighted by Gasteiger charge is -2.37. The summed E-state index contributed by atoms with van der Waals surface area (Å²) in [5, 5.41) is 2.31. The van der Waals surface area contributed by atoms with Crippen molar-refractivity contribution >= 4 is 46.4 Å². The molecule has 2 aromatic rings. The quantitative estimate of drug-likeness (QED) is 0.478. The summed E-state index contributed by atoms with van der Waals surface area (Å²) in [6.45, 7) is 10.9. The van der Waals surface area contributed by atoms with Gasteiger partial charge in [-0.15, -0.1) is 0 Å². The number of halogens is 4. The second-order valence-corrected chi connectivity index (χ2v) is 8.22. The van der Waals surface area contributed by atoms with Crippen LogP contribution in [0.5, 0.6) is 0 Å². The summed E-state index contributed by atoms with van der Waals surface area (Å²) in [4.78, 5) is 0. The van der Waals surface area contributed by atoms with Crippen LogP contribution in [0.15, 0.2) is 36.4 Å². The Hall–Kier alpha value is -0.530. The molecular formula is C18H17Cl4+. The number of rotatable bonds is 2. The Labute approximate surface area is 152 Å². The topological polar surface area (TPSA) is 0 Å². The first kappa shape index (κ1) is 17.8. The van der Waals surface area contributed by atoms with E-state index in [0.29, 0.717) is 20.1 Å². The molecule has 0 heterocycles. The van der Waals surface area contributed by atoms with Gasteiger partial charge >= 0.3 is 0 Å². The Morgan fingerprint density at radius 1 is 0.636 bits per heavy atom. The van der Waals surface area contributed by atoms with E-state index in [1.165, 1.54) is 0 Å². The van der Waals surface area contributed by atoms with Gasteiger partial charge in [-0.3, -0.25) is 0 Å². The van der Waals surface area contributed by atoms with Crippen LogP contribution in [0.1, 0.15) is 31.9 Å². The van der Waals surface area contributed by atoms with Crippen molar-refractivity contribution < 1.29 is 0 Å². The predicted molar refractivity (Wildman–Crippen MR) is 98.5 cm³/mol. The Balaban J connectivity index is 2.78. The molecule has 0 aliphatic carbocycles. The molecule has 0 amide bonds. The summed E-state index contributed by atoms with van der Waals surface area (Å²) in [5.41, 5.74) is 1.04. The smallest absolute Gasteiger partial charge is 0.0843 e. The molecule has 0 unspecified atom stereocenters. The van der Waals surface area contributed by atoms with E-state index in [-0.39, 0.29) is 5.41 Å². The maximum Gasteiger partial charge on any atom is 0.160 e. The molecule has 0 N–H and O–H groups in total. The second kappa shape index (κ2) is 6.17. The molecule has 22 heavy (non-hydrogen) atoms. The lowest BCUT2D eigenvalue weighted by molar-refractivity contribution is 0.278. The molecule has 116 valence electrons. The van der Waals surface area contributed by atoms with Crippen LogP contribution in [0, 0.1) is 12.3 Å². The van der Waals surface area contributed by atoms with E-state index in [2.05, 4.69) is 27.7 Å². The third-order valence-electron chi connectivity index (χ3n) is 3.99. The summed E-state index contributed by atoms with van der Waals surface area (Å²) in [5.74, 6) is 0. The van der Waals surface area contributed by atoms with Crippen molar-refractivity contribution in [3.8, 4) is 0 Å². The van der Waals surface area contributed by atoms with Crippen molar-refractivity contribution in [1.29, 1.82) is 0 Å². The van der Waals surface area contributed by atoms with E-state index in [0.717, 1.165) is 11.1 Å². The summed E-state index contributed by atoms with van der Waals surface area (Å²) < 4.78 is 0. The molecule has 2 rings (SSSR count). The predicted octanol–water partition coefficient (Wildman–Crippen LogP) is 7.47. The van der Waals surface area contributed by atoms with Crippen molar-refractivity contribution in [1.82, 2.24) is 0 Å². The maximum atomic E-state index is 6.19. The van der Waals surface area contributed by atoms with Crippen molar-refractivity contribution in [2.24, 2.45) is 5.41 Å². The van der Waals surface area contributed by atoms with Crippen LogP contribution in [0.2, 0.25) is 20.1 Å². The third-order valence-corrected chi connectivity index (χ3v) is 4.86. The zero-order valence-corrected chi connectivity index (χ0v) is 15.7. The maximum absolute atomic E-state index is 6.19. The number of hydrogen-bond acceptors (Lipinski definition) is 0. The van der Waals surface area contributed by atoms with Gasteiger partial charge < -0.3 is 0 Å². The molecule has 0 saturated heterocycles.